The van der Waals surface area contributed by atoms with Crippen molar-refractivity contribution in [2.45, 2.75) is 12.5 Å². The summed E-state index contributed by atoms with van der Waals surface area (Å²) in [7, 11) is 1.58. The van der Waals surface area contributed by atoms with Crippen LogP contribution in [0.25, 0.3) is 16.5 Å². The first-order valence-electron chi connectivity index (χ1n) is 12.8. The van der Waals surface area contributed by atoms with E-state index in [-0.39, 0.29) is 23.6 Å². The van der Waals surface area contributed by atoms with Gasteiger partial charge in [-0.15, -0.1) is 0 Å². The lowest BCUT2D eigenvalue weighted by atomic mass is 9.94. The van der Waals surface area contributed by atoms with E-state index in [1.807, 2.05) is 18.2 Å². The van der Waals surface area contributed by atoms with E-state index in [4.69, 9.17) is 9.47 Å². The highest BCUT2D eigenvalue weighted by molar-refractivity contribution is 6.46. The van der Waals surface area contributed by atoms with Gasteiger partial charge in [0.05, 0.1) is 36.9 Å². The molecule has 1 N–H and O–H groups in total. The topological polar surface area (TPSA) is 122 Å². The van der Waals surface area contributed by atoms with E-state index in [0.29, 0.717) is 36.5 Å². The zero-order valence-corrected chi connectivity index (χ0v) is 21.5. The number of Topliss-reactive ketones (excluding diaryl/α,β-unsaturated/α-hetero) is 1. The number of nitro groups is 1. The summed E-state index contributed by atoms with van der Waals surface area (Å²) in [6.07, 6.45) is 0.619. The number of nitro benzene ring substituents is 1. The van der Waals surface area contributed by atoms with Crippen LogP contribution in [0.4, 0.5) is 5.69 Å². The highest BCUT2D eigenvalue weighted by atomic mass is 16.6. The number of morpholine rings is 1. The first-order valence-corrected chi connectivity index (χ1v) is 12.8. The molecule has 0 aliphatic carbocycles. The molecule has 39 heavy (non-hydrogen) atoms. The fourth-order valence-corrected chi connectivity index (χ4v) is 5.18. The van der Waals surface area contributed by atoms with E-state index in [1.165, 1.54) is 29.2 Å². The summed E-state index contributed by atoms with van der Waals surface area (Å²) < 4.78 is 10.7. The van der Waals surface area contributed by atoms with Gasteiger partial charge in [-0.1, -0.05) is 18.2 Å². The van der Waals surface area contributed by atoms with E-state index < -0.39 is 22.7 Å². The van der Waals surface area contributed by atoms with Crippen LogP contribution in [0.1, 0.15) is 23.6 Å². The molecule has 3 aromatic rings. The lowest BCUT2D eigenvalue weighted by Crippen LogP contribution is -2.38. The van der Waals surface area contributed by atoms with Crippen LogP contribution in [0.2, 0.25) is 0 Å². The second-order valence-electron chi connectivity index (χ2n) is 9.58. The second-order valence-corrected chi connectivity index (χ2v) is 9.58. The number of carbonyl (C=O) groups excluding carboxylic acids is 2. The minimum Gasteiger partial charge on any atom is -0.507 e. The summed E-state index contributed by atoms with van der Waals surface area (Å²) >= 11 is 0. The number of amides is 1. The number of ether oxygens (including phenoxy) is 2. The first-order chi connectivity index (χ1) is 18.9. The molecule has 0 aromatic heterocycles. The van der Waals surface area contributed by atoms with Crippen molar-refractivity contribution in [1.29, 1.82) is 0 Å². The number of methoxy groups -OCH3 is 1. The standard InChI is InChI=1S/C29H29N3O7/c1-38-24-10-7-20-17-22(4-3-21(20)18-24)27(33)25-26(19-5-8-23(9-6-19)32(36)37)31(29(35)28(25)34)12-2-11-30-13-15-39-16-14-30/h3-10,17-18,26,33H,2,11-16H2,1H3/b27-25+. The van der Waals surface area contributed by atoms with Crippen molar-refractivity contribution >= 4 is 33.9 Å². The van der Waals surface area contributed by atoms with Gasteiger partial charge in [-0.3, -0.25) is 24.6 Å². The van der Waals surface area contributed by atoms with Gasteiger partial charge in [0.15, 0.2) is 0 Å². The zero-order chi connectivity index (χ0) is 27.5. The van der Waals surface area contributed by atoms with Crippen molar-refractivity contribution < 1.29 is 29.1 Å². The van der Waals surface area contributed by atoms with E-state index in [2.05, 4.69) is 4.90 Å². The Hall–Kier alpha value is -4.28. The van der Waals surface area contributed by atoms with Crippen LogP contribution in [0, 0.1) is 10.1 Å². The Morgan fingerprint density at radius 1 is 1.03 bits per heavy atom. The molecule has 1 amide bonds. The highest BCUT2D eigenvalue weighted by Gasteiger charge is 2.46. The molecule has 0 radical (unpaired) electrons. The van der Waals surface area contributed by atoms with Gasteiger partial charge in [0.2, 0.25) is 0 Å². The van der Waals surface area contributed by atoms with Gasteiger partial charge in [-0.25, -0.2) is 0 Å². The van der Waals surface area contributed by atoms with Crippen LogP contribution in [-0.4, -0.2) is 78.0 Å². The summed E-state index contributed by atoms with van der Waals surface area (Å²) in [4.78, 5) is 41.0. The molecule has 2 saturated heterocycles. The summed E-state index contributed by atoms with van der Waals surface area (Å²) in [5.74, 6) is -1.07. The molecule has 1 unspecified atom stereocenters. The van der Waals surface area contributed by atoms with E-state index in [9.17, 15) is 24.8 Å². The molecule has 2 aliphatic rings. The summed E-state index contributed by atoms with van der Waals surface area (Å²) in [5, 5.41) is 24.3. The lowest BCUT2D eigenvalue weighted by Gasteiger charge is -2.29. The molecule has 2 aliphatic heterocycles. The average molecular weight is 532 g/mol. The number of hydrogen-bond donors (Lipinski definition) is 1. The number of nitrogens with zero attached hydrogens (tertiary/aromatic N) is 3. The number of fused-ring (bicyclic) bond motifs is 1. The Balaban J connectivity index is 1.52. The third-order valence-electron chi connectivity index (χ3n) is 7.26. The minimum absolute atomic E-state index is 0.0342. The molecular weight excluding hydrogens is 502 g/mol. The van der Waals surface area contributed by atoms with Crippen molar-refractivity contribution in [2.75, 3.05) is 46.5 Å². The van der Waals surface area contributed by atoms with Crippen LogP contribution in [-0.2, 0) is 14.3 Å². The van der Waals surface area contributed by atoms with Gasteiger partial charge in [-0.2, -0.15) is 0 Å². The molecule has 1 atom stereocenters. The number of benzene rings is 3. The van der Waals surface area contributed by atoms with Gasteiger partial charge in [0, 0.05) is 43.9 Å². The normalized spacial score (nSPS) is 19.5. The Bertz CT molecular complexity index is 1450. The maximum Gasteiger partial charge on any atom is 0.295 e. The van der Waals surface area contributed by atoms with E-state index >= 15 is 0 Å². The number of rotatable bonds is 8. The summed E-state index contributed by atoms with van der Waals surface area (Å²) in [6.45, 7) is 3.94. The van der Waals surface area contributed by atoms with E-state index in [1.54, 1.807) is 25.3 Å². The van der Waals surface area contributed by atoms with Crippen LogP contribution in [0.15, 0.2) is 66.2 Å². The number of aliphatic hydroxyl groups is 1. The third-order valence-corrected chi connectivity index (χ3v) is 7.26. The van der Waals surface area contributed by atoms with E-state index in [0.717, 1.165) is 30.4 Å². The van der Waals surface area contributed by atoms with Crippen molar-refractivity contribution in [3.63, 3.8) is 0 Å². The molecular formula is C29H29N3O7. The van der Waals surface area contributed by atoms with Gasteiger partial charge >= 0.3 is 0 Å². The van der Waals surface area contributed by atoms with Crippen LogP contribution < -0.4 is 4.74 Å². The first kappa shape index (κ1) is 26.3. The van der Waals surface area contributed by atoms with Gasteiger partial charge < -0.3 is 19.5 Å². The largest absolute Gasteiger partial charge is 0.507 e. The molecule has 3 aromatic carbocycles. The maximum absolute atomic E-state index is 13.3. The van der Waals surface area contributed by atoms with Gasteiger partial charge in [-0.05, 0) is 53.1 Å². The van der Waals surface area contributed by atoms with Gasteiger partial charge in [0.1, 0.15) is 11.5 Å². The predicted molar refractivity (Wildman–Crippen MR) is 144 cm³/mol. The molecule has 0 bridgehead atoms. The fourth-order valence-electron chi connectivity index (χ4n) is 5.18. The summed E-state index contributed by atoms with van der Waals surface area (Å²) in [6, 6.07) is 15.6. The minimum atomic E-state index is -0.873. The number of non-ortho nitro benzene ring substituents is 1. The smallest absolute Gasteiger partial charge is 0.295 e. The molecule has 5 rings (SSSR count). The number of carbonyl (C=O) groups is 2. The Labute approximate surface area is 225 Å². The van der Waals surface area contributed by atoms with Crippen LogP contribution in [0.5, 0.6) is 5.75 Å². The zero-order valence-electron chi connectivity index (χ0n) is 21.5. The second kappa shape index (κ2) is 11.2. The quantitative estimate of drug-likeness (QED) is 0.153. The summed E-state index contributed by atoms with van der Waals surface area (Å²) in [5.41, 5.74) is 0.769. The molecule has 0 spiro atoms. The molecule has 10 nitrogen and oxygen atoms in total. The average Bonchev–Trinajstić information content (AvgIpc) is 3.21. The number of likely N-dealkylation sites (tertiary alicyclic amines) is 1. The third kappa shape index (κ3) is 5.34. The lowest BCUT2D eigenvalue weighted by molar-refractivity contribution is -0.384. The Kier molecular flexibility index (Phi) is 7.58. The van der Waals surface area contributed by atoms with Crippen LogP contribution in [0.3, 0.4) is 0 Å². The van der Waals surface area contributed by atoms with Crippen molar-refractivity contribution in [2.24, 2.45) is 0 Å². The maximum atomic E-state index is 13.3. The molecule has 0 saturated carbocycles. The molecule has 202 valence electrons. The van der Waals surface area contributed by atoms with Gasteiger partial charge in [0.25, 0.3) is 17.4 Å². The predicted octanol–water partition coefficient (Wildman–Crippen LogP) is 3.90. The van der Waals surface area contributed by atoms with Crippen LogP contribution >= 0.6 is 0 Å². The number of hydrogen-bond acceptors (Lipinski definition) is 8. The highest BCUT2D eigenvalue weighted by Crippen LogP contribution is 2.40. The van der Waals surface area contributed by atoms with Crippen molar-refractivity contribution in [3.05, 3.63) is 87.5 Å². The van der Waals surface area contributed by atoms with Crippen molar-refractivity contribution in [1.82, 2.24) is 9.80 Å². The Morgan fingerprint density at radius 2 is 1.72 bits per heavy atom. The molecule has 2 heterocycles. The molecule has 10 heteroatoms. The number of aliphatic hydroxyl groups excluding tert-OH is 1. The van der Waals surface area contributed by atoms with Crippen molar-refractivity contribution in [3.8, 4) is 5.75 Å². The SMILES string of the molecule is COc1ccc2cc(/C(O)=C3\C(=O)C(=O)N(CCCN4CCOCC4)C3c3ccc([N+](=O)[O-])cc3)ccc2c1. The molecule has 2 fully saturated rings. The number of ketones is 1. The fraction of sp³-hybridized carbons (Fsp3) is 0.310. The monoisotopic (exact) mass is 531 g/mol. The Morgan fingerprint density at radius 3 is 2.41 bits per heavy atom.